The third kappa shape index (κ3) is 6.29. The number of hydrazine groups is 1. The number of likely N-dealkylation sites (N-methyl/N-ethyl adjacent to an activating group) is 2. The van der Waals surface area contributed by atoms with Crippen molar-refractivity contribution in [2.24, 2.45) is 0 Å². The van der Waals surface area contributed by atoms with E-state index in [-0.39, 0.29) is 12.5 Å². The van der Waals surface area contributed by atoms with Crippen LogP contribution in [0.15, 0.2) is 18.3 Å². The van der Waals surface area contributed by atoms with Crippen LogP contribution in [0.5, 0.6) is 0 Å². The van der Waals surface area contributed by atoms with Gasteiger partial charge in [0.1, 0.15) is 18.5 Å². The molecule has 11 nitrogen and oxygen atoms in total. The standard InChI is InChI=1S/C18H28N6O5/c1-4-23(8-7-21-22(3)17(27)12-25)16-6-5-14(9-20-16)24-11-15(29-18(24)28)10-19-13(2)26/h5-6,9,15,21,25H,4,7-8,10-12H2,1-3H3,(H,19,26)/t15-/m0/s1. The van der Waals surface area contributed by atoms with Gasteiger partial charge in [-0.1, -0.05) is 0 Å². The Bertz CT molecular complexity index is 713. The van der Waals surface area contributed by atoms with E-state index in [9.17, 15) is 14.4 Å². The van der Waals surface area contributed by atoms with Crippen LogP contribution in [0.4, 0.5) is 16.3 Å². The van der Waals surface area contributed by atoms with Gasteiger partial charge in [-0.2, -0.15) is 0 Å². The Morgan fingerprint density at radius 3 is 2.76 bits per heavy atom. The second-order valence-corrected chi connectivity index (χ2v) is 6.53. The summed E-state index contributed by atoms with van der Waals surface area (Å²) < 4.78 is 5.26. The highest BCUT2D eigenvalue weighted by molar-refractivity contribution is 5.89. The normalized spacial score (nSPS) is 15.8. The van der Waals surface area contributed by atoms with Gasteiger partial charge in [-0.15, -0.1) is 0 Å². The summed E-state index contributed by atoms with van der Waals surface area (Å²) in [5.41, 5.74) is 3.53. The molecule has 1 aliphatic heterocycles. The largest absolute Gasteiger partial charge is 0.442 e. The van der Waals surface area contributed by atoms with Gasteiger partial charge in [-0.05, 0) is 19.1 Å². The number of cyclic esters (lactones) is 1. The van der Waals surface area contributed by atoms with Crippen molar-refractivity contribution < 1.29 is 24.2 Å². The number of ether oxygens (including phenoxy) is 1. The number of carbonyl (C=O) groups excluding carboxylic acids is 3. The maximum atomic E-state index is 12.1. The first-order chi connectivity index (χ1) is 13.8. The third-order valence-corrected chi connectivity index (χ3v) is 4.44. The molecule has 29 heavy (non-hydrogen) atoms. The molecule has 1 saturated heterocycles. The predicted octanol–water partition coefficient (Wildman–Crippen LogP) is -0.675. The molecule has 0 radical (unpaired) electrons. The molecule has 160 valence electrons. The van der Waals surface area contributed by atoms with Crippen molar-refractivity contribution in [3.05, 3.63) is 18.3 Å². The lowest BCUT2D eigenvalue weighted by atomic mass is 10.3. The van der Waals surface area contributed by atoms with Crippen LogP contribution >= 0.6 is 0 Å². The molecule has 1 aromatic heterocycles. The third-order valence-electron chi connectivity index (χ3n) is 4.44. The second-order valence-electron chi connectivity index (χ2n) is 6.53. The van der Waals surface area contributed by atoms with E-state index in [4.69, 9.17) is 9.84 Å². The van der Waals surface area contributed by atoms with E-state index in [1.807, 2.05) is 17.9 Å². The van der Waals surface area contributed by atoms with E-state index in [0.29, 0.717) is 31.9 Å². The molecule has 1 atom stereocenters. The molecule has 1 aliphatic rings. The van der Waals surface area contributed by atoms with Crippen molar-refractivity contribution >= 4 is 29.4 Å². The minimum absolute atomic E-state index is 0.174. The Morgan fingerprint density at radius 2 is 2.17 bits per heavy atom. The number of anilines is 2. The van der Waals surface area contributed by atoms with Gasteiger partial charge in [0.25, 0.3) is 5.91 Å². The molecule has 0 aliphatic carbocycles. The maximum Gasteiger partial charge on any atom is 0.414 e. The topological polar surface area (TPSA) is 127 Å². The fourth-order valence-electron chi connectivity index (χ4n) is 2.80. The van der Waals surface area contributed by atoms with Crippen LogP contribution in [0.3, 0.4) is 0 Å². The molecular weight excluding hydrogens is 380 g/mol. The van der Waals surface area contributed by atoms with Crippen molar-refractivity contribution in [2.45, 2.75) is 20.0 Å². The SMILES string of the molecule is CCN(CCNN(C)C(=O)CO)c1ccc(N2C[C@H](CNC(C)=O)OC2=O)cn1. The van der Waals surface area contributed by atoms with Crippen LogP contribution in [-0.2, 0) is 14.3 Å². The number of hydrogen-bond donors (Lipinski definition) is 3. The van der Waals surface area contributed by atoms with E-state index in [1.165, 1.54) is 16.8 Å². The summed E-state index contributed by atoms with van der Waals surface area (Å²) in [6.45, 7) is 5.25. The molecule has 0 bridgehead atoms. The van der Waals surface area contributed by atoms with E-state index in [0.717, 1.165) is 5.82 Å². The van der Waals surface area contributed by atoms with Gasteiger partial charge in [0.2, 0.25) is 5.91 Å². The lowest BCUT2D eigenvalue weighted by Gasteiger charge is -2.25. The number of carbonyl (C=O) groups is 3. The van der Waals surface area contributed by atoms with Crippen LogP contribution in [0.25, 0.3) is 0 Å². The molecule has 1 fully saturated rings. The number of aliphatic hydroxyl groups excluding tert-OH is 1. The van der Waals surface area contributed by atoms with Crippen molar-refractivity contribution in [3.63, 3.8) is 0 Å². The van der Waals surface area contributed by atoms with Crippen LogP contribution < -0.4 is 20.5 Å². The smallest absolute Gasteiger partial charge is 0.414 e. The zero-order valence-electron chi connectivity index (χ0n) is 16.9. The first kappa shape index (κ1) is 22.4. The van der Waals surface area contributed by atoms with Crippen LogP contribution in [0.2, 0.25) is 0 Å². The number of aliphatic hydroxyl groups is 1. The van der Waals surface area contributed by atoms with Gasteiger partial charge in [0.15, 0.2) is 0 Å². The quantitative estimate of drug-likeness (QED) is 0.435. The summed E-state index contributed by atoms with van der Waals surface area (Å²) in [5, 5.41) is 12.7. The van der Waals surface area contributed by atoms with Crippen molar-refractivity contribution in [3.8, 4) is 0 Å². The fraction of sp³-hybridized carbons (Fsp3) is 0.556. The van der Waals surface area contributed by atoms with Gasteiger partial charge in [-0.25, -0.2) is 15.2 Å². The number of rotatable bonds is 10. The van der Waals surface area contributed by atoms with Crippen LogP contribution in [-0.4, -0.2) is 85.5 Å². The van der Waals surface area contributed by atoms with Gasteiger partial charge < -0.3 is 20.1 Å². The van der Waals surface area contributed by atoms with Crippen LogP contribution in [0, 0.1) is 0 Å². The van der Waals surface area contributed by atoms with Crippen molar-refractivity contribution in [2.75, 3.05) is 56.2 Å². The van der Waals surface area contributed by atoms with E-state index >= 15 is 0 Å². The highest BCUT2D eigenvalue weighted by atomic mass is 16.6. The van der Waals surface area contributed by atoms with E-state index in [1.54, 1.807) is 19.3 Å². The minimum Gasteiger partial charge on any atom is -0.442 e. The fourth-order valence-corrected chi connectivity index (χ4v) is 2.80. The maximum absolute atomic E-state index is 12.1. The monoisotopic (exact) mass is 408 g/mol. The Balaban J connectivity index is 1.91. The second kappa shape index (κ2) is 10.6. The molecule has 3 amide bonds. The minimum atomic E-state index is -0.547. The predicted molar refractivity (Wildman–Crippen MR) is 106 cm³/mol. The average Bonchev–Trinajstić information content (AvgIpc) is 3.09. The summed E-state index contributed by atoms with van der Waals surface area (Å²) in [4.78, 5) is 42.4. The lowest BCUT2D eigenvalue weighted by Crippen LogP contribution is -2.44. The summed E-state index contributed by atoms with van der Waals surface area (Å²) >= 11 is 0. The van der Waals surface area contributed by atoms with E-state index in [2.05, 4.69) is 15.7 Å². The van der Waals surface area contributed by atoms with Crippen molar-refractivity contribution in [1.29, 1.82) is 0 Å². The van der Waals surface area contributed by atoms with Gasteiger partial charge in [0, 0.05) is 33.6 Å². The lowest BCUT2D eigenvalue weighted by molar-refractivity contribution is -0.135. The molecular formula is C18H28N6O5. The Morgan fingerprint density at radius 1 is 1.41 bits per heavy atom. The molecule has 0 aromatic carbocycles. The van der Waals surface area contributed by atoms with Crippen LogP contribution in [0.1, 0.15) is 13.8 Å². The summed E-state index contributed by atoms with van der Waals surface area (Å²) in [6, 6.07) is 3.61. The molecule has 1 aromatic rings. The van der Waals surface area contributed by atoms with Crippen molar-refractivity contribution in [1.82, 2.24) is 20.7 Å². The first-order valence-electron chi connectivity index (χ1n) is 9.40. The number of pyridine rings is 1. The van der Waals surface area contributed by atoms with Gasteiger partial charge >= 0.3 is 6.09 Å². The Kier molecular flexibility index (Phi) is 8.16. The summed E-state index contributed by atoms with van der Waals surface area (Å²) in [7, 11) is 1.55. The number of aromatic nitrogens is 1. The Hall–Kier alpha value is -2.92. The number of hydrogen-bond acceptors (Lipinski definition) is 8. The highest BCUT2D eigenvalue weighted by Crippen LogP contribution is 2.22. The number of nitrogens with zero attached hydrogens (tertiary/aromatic N) is 4. The molecule has 0 saturated carbocycles. The number of nitrogens with one attached hydrogen (secondary N) is 2. The van der Waals surface area contributed by atoms with Gasteiger partial charge in [0.05, 0.1) is 25.0 Å². The summed E-state index contributed by atoms with van der Waals surface area (Å²) in [6.07, 6.45) is 0.737. The average molecular weight is 408 g/mol. The molecule has 0 spiro atoms. The molecule has 3 N–H and O–H groups in total. The molecule has 2 rings (SSSR count). The molecule has 2 heterocycles. The first-order valence-corrected chi connectivity index (χ1v) is 9.40. The summed E-state index contributed by atoms with van der Waals surface area (Å²) in [5.74, 6) is 0.146. The zero-order valence-corrected chi connectivity index (χ0v) is 16.9. The Labute approximate surface area is 169 Å². The highest BCUT2D eigenvalue weighted by Gasteiger charge is 2.32. The molecule has 11 heteroatoms. The van der Waals surface area contributed by atoms with E-state index < -0.39 is 24.7 Å². The van der Waals surface area contributed by atoms with Gasteiger partial charge in [-0.3, -0.25) is 19.5 Å². The number of amides is 3. The zero-order chi connectivity index (χ0) is 21.4. The molecule has 0 unspecified atom stereocenters.